The lowest BCUT2D eigenvalue weighted by Gasteiger charge is -2.18. The van der Waals surface area contributed by atoms with Crippen molar-refractivity contribution >= 4 is 0 Å². The molecule has 1 atom stereocenters. The zero-order valence-electron chi connectivity index (χ0n) is 11.7. The smallest absolute Gasteiger partial charge is 0.310 e. The average molecular weight is 277 g/mol. The molecule has 1 N–H and O–H groups in total. The van der Waals surface area contributed by atoms with E-state index in [1.807, 2.05) is 27.1 Å². The number of halogens is 3. The number of rotatable bonds is 7. The number of hydrogen-bond acceptors (Lipinski definition) is 2. The molecule has 0 aromatic carbocycles. The third kappa shape index (κ3) is 5.22. The van der Waals surface area contributed by atoms with Crippen LogP contribution in [-0.4, -0.2) is 22.5 Å². The first-order valence-corrected chi connectivity index (χ1v) is 6.70. The summed E-state index contributed by atoms with van der Waals surface area (Å²) in [6.45, 7) is 4.69. The molecule has 0 saturated carbocycles. The molecule has 0 aliphatic carbocycles. The normalized spacial score (nSPS) is 13.8. The van der Waals surface area contributed by atoms with Crippen molar-refractivity contribution in [2.24, 2.45) is 7.05 Å². The van der Waals surface area contributed by atoms with Crippen molar-refractivity contribution < 1.29 is 13.2 Å². The zero-order valence-corrected chi connectivity index (χ0v) is 11.7. The van der Waals surface area contributed by atoms with Crippen LogP contribution in [0, 0.1) is 0 Å². The number of nitrogens with one attached hydrogen (secondary N) is 1. The fourth-order valence-electron chi connectivity index (χ4n) is 2.24. The van der Waals surface area contributed by atoms with E-state index in [2.05, 4.69) is 10.4 Å². The molecule has 0 saturated heterocycles. The molecule has 110 valence electrons. The lowest BCUT2D eigenvalue weighted by molar-refractivity contribution is -0.135. The summed E-state index contributed by atoms with van der Waals surface area (Å²) < 4.78 is 38.3. The Morgan fingerprint density at radius 3 is 2.58 bits per heavy atom. The highest BCUT2D eigenvalue weighted by Gasteiger charge is 2.27. The molecule has 0 bridgehead atoms. The number of hydrogen-bond donors (Lipinski definition) is 1. The van der Waals surface area contributed by atoms with E-state index in [4.69, 9.17) is 0 Å². The maximum Gasteiger partial charge on any atom is 0.389 e. The molecule has 0 radical (unpaired) electrons. The highest BCUT2D eigenvalue weighted by Crippen LogP contribution is 2.27. The minimum atomic E-state index is -4.07. The second-order valence-electron chi connectivity index (χ2n) is 4.68. The topological polar surface area (TPSA) is 29.9 Å². The van der Waals surface area contributed by atoms with Gasteiger partial charge in [0.05, 0.1) is 5.69 Å². The number of aromatic nitrogens is 2. The molecule has 0 aliphatic rings. The van der Waals surface area contributed by atoms with E-state index in [1.54, 1.807) is 4.68 Å². The Morgan fingerprint density at radius 2 is 2.05 bits per heavy atom. The van der Waals surface area contributed by atoms with Crippen LogP contribution in [0.2, 0.25) is 0 Å². The van der Waals surface area contributed by atoms with Gasteiger partial charge in [0.2, 0.25) is 0 Å². The van der Waals surface area contributed by atoms with Crippen molar-refractivity contribution in [1.29, 1.82) is 0 Å². The monoisotopic (exact) mass is 277 g/mol. The second kappa shape index (κ2) is 6.93. The van der Waals surface area contributed by atoms with Crippen LogP contribution < -0.4 is 5.32 Å². The summed E-state index contributed by atoms with van der Waals surface area (Å²) >= 11 is 0. The maximum absolute atomic E-state index is 12.2. The van der Waals surface area contributed by atoms with Gasteiger partial charge in [0.15, 0.2) is 0 Å². The van der Waals surface area contributed by atoms with Crippen molar-refractivity contribution in [1.82, 2.24) is 15.1 Å². The Labute approximate surface area is 112 Å². The Morgan fingerprint density at radius 1 is 1.37 bits per heavy atom. The fourth-order valence-corrected chi connectivity index (χ4v) is 2.24. The van der Waals surface area contributed by atoms with E-state index in [-0.39, 0.29) is 12.5 Å². The quantitative estimate of drug-likeness (QED) is 0.828. The van der Waals surface area contributed by atoms with Gasteiger partial charge in [-0.3, -0.25) is 4.68 Å². The molecule has 1 aromatic heterocycles. The summed E-state index contributed by atoms with van der Waals surface area (Å²) in [4.78, 5) is 0. The van der Waals surface area contributed by atoms with Crippen molar-refractivity contribution in [3.8, 4) is 0 Å². The molecule has 1 heterocycles. The molecule has 0 spiro atoms. The van der Waals surface area contributed by atoms with Crippen LogP contribution in [0.3, 0.4) is 0 Å². The number of aryl methyl sites for hydroxylation is 2. The van der Waals surface area contributed by atoms with Crippen LogP contribution in [0.4, 0.5) is 13.2 Å². The van der Waals surface area contributed by atoms with Crippen molar-refractivity contribution in [3.63, 3.8) is 0 Å². The first-order valence-electron chi connectivity index (χ1n) is 6.70. The van der Waals surface area contributed by atoms with E-state index in [1.165, 1.54) is 0 Å². The van der Waals surface area contributed by atoms with Gasteiger partial charge in [-0.2, -0.15) is 18.3 Å². The predicted molar refractivity (Wildman–Crippen MR) is 68.9 cm³/mol. The van der Waals surface area contributed by atoms with E-state index in [0.29, 0.717) is 6.42 Å². The number of nitrogens with zero attached hydrogens (tertiary/aromatic N) is 2. The summed E-state index contributed by atoms with van der Waals surface area (Å²) in [6.07, 6.45) is -1.49. The third-order valence-electron chi connectivity index (χ3n) is 3.05. The van der Waals surface area contributed by atoms with Crippen LogP contribution in [-0.2, 0) is 13.5 Å². The summed E-state index contributed by atoms with van der Waals surface area (Å²) in [6, 6.07) is -0.0454. The Kier molecular flexibility index (Phi) is 5.85. The fraction of sp³-hybridized carbons (Fsp3) is 0.769. The molecule has 3 nitrogen and oxygen atoms in total. The molecule has 1 rings (SSSR count). The van der Waals surface area contributed by atoms with Crippen molar-refractivity contribution in [3.05, 3.63) is 17.5 Å². The van der Waals surface area contributed by atoms with Gasteiger partial charge in [0, 0.05) is 31.3 Å². The molecular weight excluding hydrogens is 255 g/mol. The van der Waals surface area contributed by atoms with Crippen LogP contribution in [0.5, 0.6) is 0 Å². The van der Waals surface area contributed by atoms with Gasteiger partial charge < -0.3 is 5.32 Å². The number of alkyl halides is 3. The van der Waals surface area contributed by atoms with Gasteiger partial charge in [-0.15, -0.1) is 0 Å². The first kappa shape index (κ1) is 16.0. The molecule has 0 aliphatic heterocycles. The van der Waals surface area contributed by atoms with Crippen molar-refractivity contribution in [2.75, 3.05) is 6.54 Å². The van der Waals surface area contributed by atoms with Crippen LogP contribution in [0.25, 0.3) is 0 Å². The molecule has 0 fully saturated rings. The summed E-state index contributed by atoms with van der Waals surface area (Å²) in [5, 5.41) is 7.60. The molecule has 1 aromatic rings. The van der Waals surface area contributed by atoms with Gasteiger partial charge >= 0.3 is 6.18 Å². The Balaban J connectivity index is 2.70. The Hall–Kier alpha value is -1.04. The highest BCUT2D eigenvalue weighted by atomic mass is 19.4. The molecule has 1 unspecified atom stereocenters. The van der Waals surface area contributed by atoms with Gasteiger partial charge in [-0.1, -0.05) is 13.8 Å². The van der Waals surface area contributed by atoms with Crippen LogP contribution >= 0.6 is 0 Å². The Bertz CT molecular complexity index is 385. The lowest BCUT2D eigenvalue weighted by atomic mass is 10.0. The van der Waals surface area contributed by atoms with E-state index >= 15 is 0 Å². The zero-order chi connectivity index (χ0) is 14.5. The van der Waals surface area contributed by atoms with Crippen molar-refractivity contribution in [2.45, 2.75) is 51.7 Å². The molecule has 19 heavy (non-hydrogen) atoms. The molecular formula is C13H22F3N3. The lowest BCUT2D eigenvalue weighted by Crippen LogP contribution is -2.22. The summed E-state index contributed by atoms with van der Waals surface area (Å²) in [5.74, 6) is 0. The highest BCUT2D eigenvalue weighted by molar-refractivity contribution is 5.21. The largest absolute Gasteiger partial charge is 0.389 e. The van der Waals surface area contributed by atoms with Crippen LogP contribution in [0.1, 0.15) is 50.4 Å². The average Bonchev–Trinajstić information content (AvgIpc) is 2.67. The third-order valence-corrected chi connectivity index (χ3v) is 3.05. The summed E-state index contributed by atoms with van der Waals surface area (Å²) in [7, 11) is 1.83. The molecule has 6 heteroatoms. The minimum Gasteiger partial charge on any atom is -0.310 e. The predicted octanol–water partition coefficient (Wildman–Crippen LogP) is 3.37. The van der Waals surface area contributed by atoms with Gasteiger partial charge in [0.1, 0.15) is 0 Å². The van der Waals surface area contributed by atoms with E-state index in [0.717, 1.165) is 24.2 Å². The van der Waals surface area contributed by atoms with Gasteiger partial charge in [0.25, 0.3) is 0 Å². The van der Waals surface area contributed by atoms with E-state index < -0.39 is 12.6 Å². The van der Waals surface area contributed by atoms with E-state index in [9.17, 15) is 13.2 Å². The maximum atomic E-state index is 12.2. The van der Waals surface area contributed by atoms with Crippen LogP contribution in [0.15, 0.2) is 6.20 Å². The minimum absolute atomic E-state index is 0.0454. The first-order chi connectivity index (χ1) is 8.87. The second-order valence-corrected chi connectivity index (χ2v) is 4.68. The molecule has 0 amide bonds. The standard InChI is InChI=1S/C13H22F3N3/c1-4-11-10(9-19(3)18-11)12(17-5-2)7-6-8-13(14,15)16/h9,12,17H,4-8H2,1-3H3. The summed E-state index contributed by atoms with van der Waals surface area (Å²) in [5.41, 5.74) is 1.98. The van der Waals surface area contributed by atoms with Gasteiger partial charge in [-0.05, 0) is 25.8 Å². The van der Waals surface area contributed by atoms with Gasteiger partial charge in [-0.25, -0.2) is 0 Å². The SMILES string of the molecule is CCNC(CCCC(F)(F)F)c1cn(C)nc1CC.